The number of halogens is 4. The molecular formula is C19H26Cl4N2O. The molecule has 7 heteroatoms. The van der Waals surface area contributed by atoms with Crippen molar-refractivity contribution in [1.29, 1.82) is 0 Å². The van der Waals surface area contributed by atoms with Gasteiger partial charge >= 0.3 is 0 Å². The fourth-order valence-corrected chi connectivity index (χ4v) is 2.79. The van der Waals surface area contributed by atoms with Gasteiger partial charge in [-0.2, -0.15) is 0 Å². The number of rotatable bonds is 9. The molecule has 2 aromatic carbocycles. The number of benzene rings is 2. The highest BCUT2D eigenvalue weighted by atomic mass is 35.5. The molecule has 0 fully saturated rings. The van der Waals surface area contributed by atoms with Crippen LogP contribution in [0.4, 0.5) is 0 Å². The van der Waals surface area contributed by atoms with Crippen molar-refractivity contribution in [3.63, 3.8) is 0 Å². The summed E-state index contributed by atoms with van der Waals surface area (Å²) in [5.74, 6) is 0.878. The minimum absolute atomic E-state index is 0. The average molecular weight is 440 g/mol. The first kappa shape index (κ1) is 25.3. The van der Waals surface area contributed by atoms with Gasteiger partial charge in [0.2, 0.25) is 0 Å². The molecule has 2 aromatic rings. The molecule has 0 aromatic heterocycles. The van der Waals surface area contributed by atoms with Crippen LogP contribution in [0.1, 0.15) is 17.5 Å². The fraction of sp³-hybridized carbons (Fsp3) is 0.368. The van der Waals surface area contributed by atoms with Gasteiger partial charge in [-0.15, -0.1) is 24.8 Å². The Morgan fingerprint density at radius 3 is 2.42 bits per heavy atom. The zero-order valence-electron chi connectivity index (χ0n) is 15.0. The molecular weight excluding hydrogens is 414 g/mol. The lowest BCUT2D eigenvalue weighted by atomic mass is 10.2. The highest BCUT2D eigenvalue weighted by Crippen LogP contribution is 2.24. The molecule has 0 spiro atoms. The Morgan fingerprint density at radius 1 is 1.00 bits per heavy atom. The first-order valence-electron chi connectivity index (χ1n) is 8.06. The molecule has 0 unspecified atom stereocenters. The van der Waals surface area contributed by atoms with Crippen LogP contribution in [0.5, 0.6) is 5.75 Å². The topological polar surface area (TPSA) is 24.5 Å². The van der Waals surface area contributed by atoms with E-state index in [0.717, 1.165) is 42.9 Å². The van der Waals surface area contributed by atoms with Crippen molar-refractivity contribution in [2.45, 2.75) is 19.6 Å². The molecule has 0 bridgehead atoms. The van der Waals surface area contributed by atoms with Crippen LogP contribution < -0.4 is 10.1 Å². The molecule has 0 heterocycles. The summed E-state index contributed by atoms with van der Waals surface area (Å²) in [5, 5.41) is 4.72. The van der Waals surface area contributed by atoms with Crippen LogP contribution in [0.25, 0.3) is 0 Å². The molecule has 0 aliphatic rings. The molecule has 3 nitrogen and oxygen atoms in total. The van der Waals surface area contributed by atoms with Crippen LogP contribution in [0.2, 0.25) is 10.0 Å². The van der Waals surface area contributed by atoms with E-state index in [9.17, 15) is 0 Å². The normalized spacial score (nSPS) is 10.2. The second-order valence-corrected chi connectivity index (χ2v) is 6.81. The predicted octanol–water partition coefficient (Wildman–Crippen LogP) is 5.46. The van der Waals surface area contributed by atoms with Crippen molar-refractivity contribution < 1.29 is 4.74 Å². The van der Waals surface area contributed by atoms with Crippen molar-refractivity contribution in [1.82, 2.24) is 10.2 Å². The molecule has 26 heavy (non-hydrogen) atoms. The Balaban J connectivity index is 0.00000312. The number of para-hydroxylation sites is 1. The maximum absolute atomic E-state index is 6.20. The summed E-state index contributed by atoms with van der Waals surface area (Å²) in [6.07, 6.45) is 1.12. The molecule has 0 amide bonds. The molecule has 0 atom stereocenters. The van der Waals surface area contributed by atoms with Crippen LogP contribution in [0.3, 0.4) is 0 Å². The zero-order chi connectivity index (χ0) is 17.4. The van der Waals surface area contributed by atoms with Crippen molar-refractivity contribution in [3.05, 3.63) is 63.6 Å². The third-order valence-corrected chi connectivity index (χ3v) is 4.23. The molecule has 0 saturated carbocycles. The van der Waals surface area contributed by atoms with Crippen LogP contribution in [0.15, 0.2) is 42.5 Å². The van der Waals surface area contributed by atoms with E-state index in [1.54, 1.807) is 6.07 Å². The first-order chi connectivity index (χ1) is 11.6. The fourth-order valence-electron chi connectivity index (χ4n) is 2.33. The number of hydrogen-bond acceptors (Lipinski definition) is 3. The van der Waals surface area contributed by atoms with Gasteiger partial charge in [-0.3, -0.25) is 0 Å². The summed E-state index contributed by atoms with van der Waals surface area (Å²) in [4.78, 5) is 2.19. The van der Waals surface area contributed by atoms with Crippen LogP contribution >= 0.6 is 48.0 Å². The first-order valence-corrected chi connectivity index (χ1v) is 8.82. The summed E-state index contributed by atoms with van der Waals surface area (Å²) >= 11 is 12.1. The van der Waals surface area contributed by atoms with Gasteiger partial charge in [0.1, 0.15) is 12.4 Å². The Kier molecular flexibility index (Phi) is 13.1. The summed E-state index contributed by atoms with van der Waals surface area (Å²) in [5.41, 5.74) is 2.07. The van der Waals surface area contributed by atoms with Crippen LogP contribution in [-0.2, 0) is 13.2 Å². The summed E-state index contributed by atoms with van der Waals surface area (Å²) in [6.45, 7) is 3.28. The SMILES string of the molecule is CN(C)CCCNCc1ccccc1OCc1ccc(Cl)cc1Cl.Cl.Cl. The molecule has 0 saturated heterocycles. The molecule has 1 N–H and O–H groups in total. The van der Waals surface area contributed by atoms with E-state index in [1.165, 1.54) is 0 Å². The lowest BCUT2D eigenvalue weighted by Crippen LogP contribution is -2.21. The molecule has 0 aliphatic carbocycles. The van der Waals surface area contributed by atoms with Gasteiger partial charge in [0, 0.05) is 27.7 Å². The highest BCUT2D eigenvalue weighted by Gasteiger charge is 2.06. The Hall–Kier alpha value is -0.680. The van der Waals surface area contributed by atoms with Crippen molar-refractivity contribution in [3.8, 4) is 5.75 Å². The Morgan fingerprint density at radius 2 is 1.73 bits per heavy atom. The van der Waals surface area contributed by atoms with E-state index in [4.69, 9.17) is 27.9 Å². The summed E-state index contributed by atoms with van der Waals surface area (Å²) < 4.78 is 5.96. The standard InChI is InChI=1S/C19H24Cl2N2O.2ClH/c1-23(2)11-5-10-22-13-15-6-3-4-7-19(15)24-14-16-8-9-17(20)12-18(16)21;;/h3-4,6-9,12,22H,5,10-11,13-14H2,1-2H3;2*1H. The van der Waals surface area contributed by atoms with Crippen molar-refractivity contribution in [2.24, 2.45) is 0 Å². The third-order valence-electron chi connectivity index (χ3n) is 3.65. The van der Waals surface area contributed by atoms with E-state index in [2.05, 4.69) is 30.4 Å². The van der Waals surface area contributed by atoms with E-state index >= 15 is 0 Å². The summed E-state index contributed by atoms with van der Waals surface area (Å²) in [7, 11) is 4.18. The maximum atomic E-state index is 6.20. The second kappa shape index (κ2) is 13.5. The molecule has 0 radical (unpaired) electrons. The molecule has 2 rings (SSSR count). The van der Waals surface area contributed by atoms with Crippen molar-refractivity contribution in [2.75, 3.05) is 27.2 Å². The zero-order valence-corrected chi connectivity index (χ0v) is 18.1. The van der Waals surface area contributed by atoms with Crippen LogP contribution in [-0.4, -0.2) is 32.1 Å². The van der Waals surface area contributed by atoms with E-state index in [0.29, 0.717) is 16.7 Å². The Labute approximate surface area is 178 Å². The smallest absolute Gasteiger partial charge is 0.124 e. The molecule has 146 valence electrons. The lowest BCUT2D eigenvalue weighted by molar-refractivity contribution is 0.302. The van der Waals surface area contributed by atoms with Crippen LogP contribution in [0, 0.1) is 0 Å². The molecule has 0 aliphatic heterocycles. The van der Waals surface area contributed by atoms with E-state index < -0.39 is 0 Å². The maximum Gasteiger partial charge on any atom is 0.124 e. The minimum Gasteiger partial charge on any atom is -0.489 e. The largest absolute Gasteiger partial charge is 0.489 e. The lowest BCUT2D eigenvalue weighted by Gasteiger charge is -2.14. The minimum atomic E-state index is 0. The predicted molar refractivity (Wildman–Crippen MR) is 117 cm³/mol. The van der Waals surface area contributed by atoms with Gasteiger partial charge in [0.25, 0.3) is 0 Å². The van der Waals surface area contributed by atoms with Gasteiger partial charge in [-0.05, 0) is 51.8 Å². The second-order valence-electron chi connectivity index (χ2n) is 5.97. The number of nitrogens with zero attached hydrogens (tertiary/aromatic N) is 1. The number of nitrogens with one attached hydrogen (secondary N) is 1. The van der Waals surface area contributed by atoms with Crippen molar-refractivity contribution >= 4 is 48.0 Å². The van der Waals surface area contributed by atoms with Gasteiger partial charge in [-0.1, -0.05) is 47.5 Å². The average Bonchev–Trinajstić information content (AvgIpc) is 2.54. The quantitative estimate of drug-likeness (QED) is 0.525. The highest BCUT2D eigenvalue weighted by molar-refractivity contribution is 6.35. The third kappa shape index (κ3) is 8.81. The number of ether oxygens (including phenoxy) is 1. The Bertz CT molecular complexity index is 653. The van der Waals surface area contributed by atoms with E-state index in [1.807, 2.05) is 30.3 Å². The van der Waals surface area contributed by atoms with Gasteiger partial charge in [-0.25, -0.2) is 0 Å². The van der Waals surface area contributed by atoms with Gasteiger partial charge in [0.15, 0.2) is 0 Å². The van der Waals surface area contributed by atoms with Gasteiger partial charge < -0.3 is 15.0 Å². The summed E-state index contributed by atoms with van der Waals surface area (Å²) in [6, 6.07) is 13.5. The van der Waals surface area contributed by atoms with E-state index in [-0.39, 0.29) is 24.8 Å². The monoisotopic (exact) mass is 438 g/mol. The number of hydrogen-bond donors (Lipinski definition) is 1. The van der Waals surface area contributed by atoms with Gasteiger partial charge in [0.05, 0.1) is 0 Å².